The van der Waals surface area contributed by atoms with E-state index in [-0.39, 0.29) is 62.2 Å². The first kappa shape index (κ1) is 77.1. The number of aliphatic hydroxyl groups is 1. The van der Waals surface area contributed by atoms with Crippen LogP contribution in [0.3, 0.4) is 0 Å². The number of carbonyl (C=O) groups excluding carboxylic acids is 11. The molecular formula is C63H112N10O12. The van der Waals surface area contributed by atoms with E-state index in [1.54, 1.807) is 54.5 Å². The normalized spacial score (nSPS) is 27.0. The number of hydrogen-bond acceptors (Lipinski definition) is 12. The lowest BCUT2D eigenvalue weighted by molar-refractivity contribution is -0.157. The lowest BCUT2D eigenvalue weighted by Gasteiger charge is -2.41. The van der Waals surface area contributed by atoms with Crippen molar-refractivity contribution in [3.63, 3.8) is 0 Å². The standard InChI is InChI=1S/C63H112N10O12/c1-25-27-28-41(15)54(76)53-57(79)66-45(26-2)60(82)67(18)34-51(75)68(19)46(29-35(3)4)50(74)33-44(39(11)12)59(81)69(20)47(30-36(5)6)56(78)64-42(16)55(77)65-43(17)58(80)70(21)48(31-37(7)8)61(83)71(22)49(32-38(9)10)62(84)72(23)52(40(13)14)63(85)73(53)24/h25,27,35-49,52-54,76H,26,28-34H2,1-24H3,(H,64,78)(H,65,77)(H,66,79)/b27-25+/t41-,42+,43-,44+,45+,46+,47+,48+,49+,52?,53+,54?/m1/s1. The van der Waals surface area contributed by atoms with E-state index < -0.39 is 156 Å². The Morgan fingerprint density at radius 1 is 0.482 bits per heavy atom. The monoisotopic (exact) mass is 1200 g/mol. The maximum Gasteiger partial charge on any atom is 0.246 e. The van der Waals surface area contributed by atoms with Crippen LogP contribution in [-0.2, 0) is 52.7 Å². The predicted octanol–water partition coefficient (Wildman–Crippen LogP) is 4.36. The van der Waals surface area contributed by atoms with Gasteiger partial charge < -0.3 is 55.4 Å². The van der Waals surface area contributed by atoms with Crippen molar-refractivity contribution in [1.29, 1.82) is 0 Å². The fraction of sp³-hybridized carbons (Fsp3) is 0.794. The van der Waals surface area contributed by atoms with Gasteiger partial charge in [-0.05, 0) is 101 Å². The van der Waals surface area contributed by atoms with Gasteiger partial charge in [0.1, 0.15) is 48.3 Å². The summed E-state index contributed by atoms with van der Waals surface area (Å²) in [5.41, 5.74) is 0. The van der Waals surface area contributed by atoms with Crippen molar-refractivity contribution < 1.29 is 57.8 Å². The van der Waals surface area contributed by atoms with Gasteiger partial charge in [0.05, 0.1) is 18.7 Å². The average molecular weight is 1200 g/mol. The second-order valence-corrected chi connectivity index (χ2v) is 26.4. The van der Waals surface area contributed by atoms with Crippen molar-refractivity contribution >= 4 is 64.9 Å². The van der Waals surface area contributed by atoms with Gasteiger partial charge in [-0.3, -0.25) is 52.7 Å². The number of allylic oxidation sites excluding steroid dienone is 2. The van der Waals surface area contributed by atoms with Crippen molar-refractivity contribution in [1.82, 2.24) is 50.2 Å². The summed E-state index contributed by atoms with van der Waals surface area (Å²) < 4.78 is 0. The van der Waals surface area contributed by atoms with Gasteiger partial charge in [-0.2, -0.15) is 0 Å². The number of carbonyl (C=O) groups is 11. The summed E-state index contributed by atoms with van der Waals surface area (Å²) in [6.45, 7) is 29.6. The molecule has 0 aliphatic carbocycles. The van der Waals surface area contributed by atoms with E-state index >= 15 is 9.59 Å². The van der Waals surface area contributed by atoms with Crippen molar-refractivity contribution in [2.45, 2.75) is 223 Å². The number of rotatable bonds is 15. The molecule has 1 rings (SSSR count). The molecule has 1 aliphatic rings. The molecule has 0 saturated carbocycles. The number of hydrogen-bond donors (Lipinski definition) is 4. The summed E-state index contributed by atoms with van der Waals surface area (Å²) in [5.74, 6) is -9.97. The zero-order chi connectivity index (χ0) is 66.0. The molecule has 22 heteroatoms. The van der Waals surface area contributed by atoms with Gasteiger partial charge in [0.2, 0.25) is 59.1 Å². The van der Waals surface area contributed by atoms with Gasteiger partial charge >= 0.3 is 0 Å². The summed E-state index contributed by atoms with van der Waals surface area (Å²) in [6, 6.07) is -10.9. The van der Waals surface area contributed by atoms with Crippen molar-refractivity contribution in [2.75, 3.05) is 55.9 Å². The van der Waals surface area contributed by atoms with E-state index in [1.165, 1.54) is 87.7 Å². The van der Waals surface area contributed by atoms with Crippen molar-refractivity contribution in [3.8, 4) is 0 Å². The average Bonchev–Trinajstić information content (AvgIpc) is 3.62. The number of nitrogens with one attached hydrogen (secondary N) is 3. The molecule has 1 fully saturated rings. The molecule has 12 atom stereocenters. The Kier molecular flexibility index (Phi) is 31.8. The Hall–Kier alpha value is -5.93. The van der Waals surface area contributed by atoms with Crippen LogP contribution in [0.4, 0.5) is 0 Å². The molecule has 1 aliphatic heterocycles. The van der Waals surface area contributed by atoms with Gasteiger partial charge in [0, 0.05) is 61.7 Å². The highest BCUT2D eigenvalue weighted by molar-refractivity contribution is 5.99. The maximum atomic E-state index is 15.1. The predicted molar refractivity (Wildman–Crippen MR) is 330 cm³/mol. The molecular weight excluding hydrogens is 1090 g/mol. The van der Waals surface area contributed by atoms with Crippen LogP contribution in [0, 0.1) is 47.3 Å². The number of Topliss-reactive ketones (excluding diaryl/α,β-unsaturated/α-hetero) is 1. The number of likely N-dealkylation sites (N-methyl/N-ethyl adjacent to an activating group) is 7. The third-order valence-electron chi connectivity index (χ3n) is 16.5. The van der Waals surface area contributed by atoms with Crippen molar-refractivity contribution in [2.24, 2.45) is 47.3 Å². The summed E-state index contributed by atoms with van der Waals surface area (Å²) in [6.07, 6.45) is 2.88. The first-order valence-corrected chi connectivity index (χ1v) is 30.8. The fourth-order valence-electron chi connectivity index (χ4n) is 11.0. The molecule has 0 spiro atoms. The molecule has 486 valence electrons. The molecule has 0 aromatic rings. The van der Waals surface area contributed by atoms with E-state index in [9.17, 15) is 48.3 Å². The highest BCUT2D eigenvalue weighted by atomic mass is 16.3. The molecule has 0 bridgehead atoms. The Balaban J connectivity index is 4.32. The number of ketones is 1. The van der Waals surface area contributed by atoms with Crippen LogP contribution in [0.1, 0.15) is 163 Å². The lowest BCUT2D eigenvalue weighted by Crippen LogP contribution is -2.63. The van der Waals surface area contributed by atoms with Crippen LogP contribution in [0.2, 0.25) is 0 Å². The van der Waals surface area contributed by atoms with Gasteiger partial charge in [-0.1, -0.05) is 109 Å². The third-order valence-corrected chi connectivity index (χ3v) is 16.5. The first-order valence-electron chi connectivity index (χ1n) is 30.8. The zero-order valence-corrected chi connectivity index (χ0v) is 56.3. The summed E-state index contributed by atoms with van der Waals surface area (Å²) >= 11 is 0. The smallest absolute Gasteiger partial charge is 0.246 e. The quantitative estimate of drug-likeness (QED) is 0.167. The van der Waals surface area contributed by atoms with E-state index in [4.69, 9.17) is 0 Å². The molecule has 85 heavy (non-hydrogen) atoms. The molecule has 1 heterocycles. The van der Waals surface area contributed by atoms with Crippen LogP contribution >= 0.6 is 0 Å². The Morgan fingerprint density at radius 3 is 1.38 bits per heavy atom. The highest BCUT2D eigenvalue weighted by Gasteiger charge is 2.45. The SMILES string of the molecule is C/C=C/C[C@@H](C)C(O)[C@H]1C(=O)N[C@@H](CC)C(=O)N(C)CC(=O)N(C)[C@@H](CC(C)C)C(=O)C[C@@H](C(C)C)C(=O)N(C)[C@@H](CC(C)C)C(=O)N[C@@H](C)C(=O)N[C@H](C)C(=O)N(C)[C@@H](CC(C)C)C(=O)N(C)[C@@H](CC(C)C)C(=O)N(C)C(C(C)C)C(=O)N1C. The summed E-state index contributed by atoms with van der Waals surface area (Å²) in [5, 5.41) is 20.3. The maximum absolute atomic E-state index is 15.1. The van der Waals surface area contributed by atoms with E-state index in [2.05, 4.69) is 16.0 Å². The van der Waals surface area contributed by atoms with E-state index in [0.29, 0.717) is 6.42 Å². The first-order chi connectivity index (χ1) is 39.2. The molecule has 0 aromatic carbocycles. The van der Waals surface area contributed by atoms with Crippen LogP contribution in [0.5, 0.6) is 0 Å². The van der Waals surface area contributed by atoms with Crippen LogP contribution in [0.25, 0.3) is 0 Å². The van der Waals surface area contributed by atoms with Crippen LogP contribution < -0.4 is 16.0 Å². The third kappa shape index (κ3) is 21.8. The summed E-state index contributed by atoms with van der Waals surface area (Å²) in [4.78, 5) is 169. The van der Waals surface area contributed by atoms with E-state index in [1.807, 2.05) is 61.5 Å². The fourth-order valence-corrected chi connectivity index (χ4v) is 11.0. The number of nitrogens with zero attached hydrogens (tertiary/aromatic N) is 7. The molecule has 1 saturated heterocycles. The molecule has 0 aromatic heterocycles. The second-order valence-electron chi connectivity index (χ2n) is 26.4. The molecule has 0 radical (unpaired) electrons. The minimum absolute atomic E-state index is 0.0329. The minimum atomic E-state index is -1.60. The topological polar surface area (TPSA) is 267 Å². The number of amides is 10. The Labute approximate surface area is 509 Å². The molecule has 4 N–H and O–H groups in total. The Morgan fingerprint density at radius 2 is 0.918 bits per heavy atom. The van der Waals surface area contributed by atoms with Gasteiger partial charge in [-0.15, -0.1) is 0 Å². The minimum Gasteiger partial charge on any atom is -0.390 e. The van der Waals surface area contributed by atoms with E-state index in [0.717, 1.165) is 9.80 Å². The van der Waals surface area contributed by atoms with Crippen molar-refractivity contribution in [3.05, 3.63) is 12.2 Å². The van der Waals surface area contributed by atoms with Gasteiger partial charge in [-0.25, -0.2) is 0 Å². The van der Waals surface area contributed by atoms with Gasteiger partial charge in [0.25, 0.3) is 0 Å². The van der Waals surface area contributed by atoms with Crippen LogP contribution in [0.15, 0.2) is 12.2 Å². The molecule has 2 unspecified atom stereocenters. The lowest BCUT2D eigenvalue weighted by atomic mass is 9.85. The Bertz CT molecular complexity index is 2320. The summed E-state index contributed by atoms with van der Waals surface area (Å²) in [7, 11) is 10.0. The second kappa shape index (κ2) is 35.0. The highest BCUT2D eigenvalue weighted by Crippen LogP contribution is 2.27. The zero-order valence-electron chi connectivity index (χ0n) is 56.3. The van der Waals surface area contributed by atoms with Gasteiger partial charge in [0.15, 0.2) is 5.78 Å². The largest absolute Gasteiger partial charge is 0.390 e. The molecule has 22 nitrogen and oxygen atoms in total. The number of aliphatic hydroxyl groups excluding tert-OH is 1. The molecule has 10 amide bonds. The van der Waals surface area contributed by atoms with Crippen LogP contribution in [-0.4, -0.2) is 221 Å².